The number of imidazole rings is 1. The molecule has 16 heavy (non-hydrogen) atoms. The van der Waals surface area contributed by atoms with Crippen molar-refractivity contribution in [1.82, 2.24) is 9.55 Å². The minimum absolute atomic E-state index is 0.613. The molecule has 5 heteroatoms. The Morgan fingerprint density at radius 1 is 1.50 bits per heavy atom. The molecule has 0 bridgehead atoms. The Kier molecular flexibility index (Phi) is 3.31. The van der Waals surface area contributed by atoms with E-state index in [1.807, 2.05) is 17.8 Å². The molecular weight excluding hydrogens is 244 g/mol. The standard InChI is InChI=1S/C11H9ClN2OS/c1-14-5-4-13-11(14)16-10-6-9(12)3-2-8(10)7-15/h2-7H,1H3. The van der Waals surface area contributed by atoms with Crippen LogP contribution in [-0.2, 0) is 7.05 Å². The smallest absolute Gasteiger partial charge is 0.172 e. The van der Waals surface area contributed by atoms with E-state index in [4.69, 9.17) is 11.6 Å². The first-order valence-corrected chi connectivity index (χ1v) is 5.80. The third-order valence-electron chi connectivity index (χ3n) is 2.08. The lowest BCUT2D eigenvalue weighted by atomic mass is 10.2. The summed E-state index contributed by atoms with van der Waals surface area (Å²) in [6.07, 6.45) is 4.39. The van der Waals surface area contributed by atoms with Crippen molar-refractivity contribution in [2.45, 2.75) is 10.1 Å². The van der Waals surface area contributed by atoms with Gasteiger partial charge in [0, 0.05) is 34.9 Å². The maximum absolute atomic E-state index is 10.9. The van der Waals surface area contributed by atoms with Crippen LogP contribution in [0.4, 0.5) is 0 Å². The van der Waals surface area contributed by atoms with Crippen LogP contribution in [0.3, 0.4) is 0 Å². The number of aldehydes is 1. The van der Waals surface area contributed by atoms with Crippen LogP contribution in [0.25, 0.3) is 0 Å². The molecule has 0 atom stereocenters. The van der Waals surface area contributed by atoms with Gasteiger partial charge in [-0.25, -0.2) is 4.98 Å². The first kappa shape index (κ1) is 11.2. The molecule has 0 aliphatic carbocycles. The Balaban J connectivity index is 2.37. The highest BCUT2D eigenvalue weighted by molar-refractivity contribution is 7.99. The minimum Gasteiger partial charge on any atom is -0.329 e. The highest BCUT2D eigenvalue weighted by atomic mass is 35.5. The fourth-order valence-corrected chi connectivity index (χ4v) is 2.41. The van der Waals surface area contributed by atoms with Gasteiger partial charge in [-0.2, -0.15) is 0 Å². The van der Waals surface area contributed by atoms with E-state index in [-0.39, 0.29) is 0 Å². The van der Waals surface area contributed by atoms with Crippen molar-refractivity contribution in [3.05, 3.63) is 41.2 Å². The van der Waals surface area contributed by atoms with Crippen LogP contribution in [-0.4, -0.2) is 15.8 Å². The van der Waals surface area contributed by atoms with Crippen molar-refractivity contribution in [2.24, 2.45) is 7.05 Å². The first-order chi connectivity index (χ1) is 7.70. The number of carbonyl (C=O) groups excluding carboxylic acids is 1. The first-order valence-electron chi connectivity index (χ1n) is 4.60. The topological polar surface area (TPSA) is 34.9 Å². The van der Waals surface area contributed by atoms with Crippen LogP contribution in [0, 0.1) is 0 Å². The molecule has 0 N–H and O–H groups in total. The zero-order chi connectivity index (χ0) is 11.5. The molecular formula is C11H9ClN2OS. The molecule has 0 radical (unpaired) electrons. The van der Waals surface area contributed by atoms with Crippen molar-refractivity contribution >= 4 is 29.6 Å². The zero-order valence-corrected chi connectivity index (χ0v) is 10.1. The second kappa shape index (κ2) is 4.72. The summed E-state index contributed by atoms with van der Waals surface area (Å²) in [6, 6.07) is 5.18. The van der Waals surface area contributed by atoms with Gasteiger partial charge in [-0.05, 0) is 18.2 Å². The van der Waals surface area contributed by atoms with Gasteiger partial charge in [0.15, 0.2) is 11.4 Å². The maximum atomic E-state index is 10.9. The molecule has 1 heterocycles. The third kappa shape index (κ3) is 2.28. The van der Waals surface area contributed by atoms with Crippen LogP contribution < -0.4 is 0 Å². The molecule has 0 unspecified atom stereocenters. The van der Waals surface area contributed by atoms with Gasteiger partial charge in [0.25, 0.3) is 0 Å². The lowest BCUT2D eigenvalue weighted by molar-refractivity contribution is 0.112. The second-order valence-corrected chi connectivity index (χ2v) is 4.67. The average molecular weight is 253 g/mol. The number of benzene rings is 1. The number of nitrogens with zero attached hydrogens (tertiary/aromatic N) is 2. The average Bonchev–Trinajstić information content (AvgIpc) is 2.65. The fraction of sp³-hybridized carbons (Fsp3) is 0.0909. The van der Waals surface area contributed by atoms with E-state index in [0.29, 0.717) is 10.6 Å². The highest BCUT2D eigenvalue weighted by Crippen LogP contribution is 2.30. The maximum Gasteiger partial charge on any atom is 0.172 e. The quantitative estimate of drug-likeness (QED) is 0.788. The minimum atomic E-state index is 0.613. The Morgan fingerprint density at radius 2 is 2.31 bits per heavy atom. The SMILES string of the molecule is Cn1ccnc1Sc1cc(Cl)ccc1C=O. The monoisotopic (exact) mass is 252 g/mol. The van der Waals surface area contributed by atoms with Gasteiger partial charge in [0.1, 0.15) is 0 Å². The largest absolute Gasteiger partial charge is 0.329 e. The number of hydrogen-bond acceptors (Lipinski definition) is 3. The zero-order valence-electron chi connectivity index (χ0n) is 8.55. The predicted molar refractivity (Wildman–Crippen MR) is 64.2 cm³/mol. The van der Waals surface area contributed by atoms with E-state index in [1.165, 1.54) is 11.8 Å². The van der Waals surface area contributed by atoms with Crippen LogP contribution in [0.5, 0.6) is 0 Å². The van der Waals surface area contributed by atoms with Crippen molar-refractivity contribution in [3.8, 4) is 0 Å². The van der Waals surface area contributed by atoms with Crippen molar-refractivity contribution in [1.29, 1.82) is 0 Å². The fourth-order valence-electron chi connectivity index (χ4n) is 1.24. The van der Waals surface area contributed by atoms with E-state index in [2.05, 4.69) is 4.98 Å². The summed E-state index contributed by atoms with van der Waals surface area (Å²) in [6.45, 7) is 0. The lowest BCUT2D eigenvalue weighted by Crippen LogP contribution is -1.91. The Labute approximate surface area is 102 Å². The summed E-state index contributed by atoms with van der Waals surface area (Å²) in [5, 5.41) is 1.44. The van der Waals surface area contributed by atoms with Gasteiger partial charge in [-0.1, -0.05) is 23.4 Å². The number of halogens is 1. The normalized spacial score (nSPS) is 10.4. The molecule has 3 nitrogen and oxygen atoms in total. The van der Waals surface area contributed by atoms with Crippen LogP contribution in [0.1, 0.15) is 10.4 Å². The van der Waals surface area contributed by atoms with E-state index < -0.39 is 0 Å². The summed E-state index contributed by atoms with van der Waals surface area (Å²) >= 11 is 7.32. The molecule has 2 rings (SSSR count). The van der Waals surface area contributed by atoms with E-state index >= 15 is 0 Å². The molecule has 2 aromatic rings. The Morgan fingerprint density at radius 3 is 2.94 bits per heavy atom. The summed E-state index contributed by atoms with van der Waals surface area (Å²) < 4.78 is 1.89. The van der Waals surface area contributed by atoms with Crippen LogP contribution >= 0.6 is 23.4 Å². The van der Waals surface area contributed by atoms with Crippen molar-refractivity contribution < 1.29 is 4.79 Å². The molecule has 0 amide bonds. The molecule has 0 spiro atoms. The van der Waals surface area contributed by atoms with Gasteiger partial charge in [-0.3, -0.25) is 4.79 Å². The number of aryl methyl sites for hydroxylation is 1. The molecule has 0 saturated heterocycles. The summed E-state index contributed by atoms with van der Waals surface area (Å²) in [7, 11) is 1.90. The van der Waals surface area contributed by atoms with Crippen LogP contribution in [0.15, 0.2) is 40.6 Å². The van der Waals surface area contributed by atoms with Gasteiger partial charge in [0.2, 0.25) is 0 Å². The molecule has 0 saturated carbocycles. The van der Waals surface area contributed by atoms with Crippen LogP contribution in [0.2, 0.25) is 5.02 Å². The molecule has 0 fully saturated rings. The summed E-state index contributed by atoms with van der Waals surface area (Å²) in [5.74, 6) is 0. The summed E-state index contributed by atoms with van der Waals surface area (Å²) in [4.78, 5) is 15.9. The van der Waals surface area contributed by atoms with Gasteiger partial charge in [0.05, 0.1) is 0 Å². The summed E-state index contributed by atoms with van der Waals surface area (Å²) in [5.41, 5.74) is 0.623. The van der Waals surface area contributed by atoms with E-state index in [9.17, 15) is 4.79 Å². The molecule has 0 aliphatic rings. The molecule has 82 valence electrons. The van der Waals surface area contributed by atoms with E-state index in [0.717, 1.165) is 16.3 Å². The Bertz CT molecular complexity index is 524. The predicted octanol–water partition coefficient (Wildman–Crippen LogP) is 3.04. The van der Waals surface area contributed by atoms with Gasteiger partial charge in [-0.15, -0.1) is 0 Å². The highest BCUT2D eigenvalue weighted by Gasteiger charge is 2.07. The van der Waals surface area contributed by atoms with Gasteiger partial charge < -0.3 is 4.57 Å². The van der Waals surface area contributed by atoms with Crippen molar-refractivity contribution in [3.63, 3.8) is 0 Å². The Hall–Kier alpha value is -1.26. The second-order valence-electron chi connectivity index (χ2n) is 3.22. The van der Waals surface area contributed by atoms with Crippen molar-refractivity contribution in [2.75, 3.05) is 0 Å². The number of hydrogen-bond donors (Lipinski definition) is 0. The number of carbonyl (C=O) groups is 1. The third-order valence-corrected chi connectivity index (χ3v) is 3.47. The van der Waals surface area contributed by atoms with E-state index in [1.54, 1.807) is 24.4 Å². The molecule has 1 aromatic heterocycles. The lowest BCUT2D eigenvalue weighted by Gasteiger charge is -2.04. The van der Waals surface area contributed by atoms with Gasteiger partial charge >= 0.3 is 0 Å². The molecule has 0 aliphatic heterocycles. The number of rotatable bonds is 3. The molecule has 1 aromatic carbocycles. The number of aromatic nitrogens is 2.